The Labute approximate surface area is 146 Å². The van der Waals surface area contributed by atoms with Crippen molar-refractivity contribution in [2.24, 2.45) is 11.8 Å². The van der Waals surface area contributed by atoms with Crippen LogP contribution >= 0.6 is 0 Å². The van der Waals surface area contributed by atoms with Crippen LogP contribution in [0, 0.1) is 17.7 Å². The zero-order valence-electron chi connectivity index (χ0n) is 14.1. The topological polar surface area (TPSA) is 48.4 Å². The fourth-order valence-electron chi connectivity index (χ4n) is 4.28. The molecule has 2 aromatic rings. The maximum Gasteiger partial charge on any atom is 0.339 e. The predicted octanol–water partition coefficient (Wildman–Crippen LogP) is 4.70. The lowest BCUT2D eigenvalue weighted by atomic mass is 9.83. The van der Waals surface area contributed by atoms with Gasteiger partial charge in [0.2, 0.25) is 0 Å². The number of nitrogens with zero attached hydrogens (tertiary/aromatic N) is 1. The zero-order chi connectivity index (χ0) is 17.4. The number of pyridine rings is 1. The molecule has 3 unspecified atom stereocenters. The Morgan fingerprint density at radius 2 is 2.00 bits per heavy atom. The summed E-state index contributed by atoms with van der Waals surface area (Å²) >= 11 is 0. The van der Waals surface area contributed by atoms with Crippen LogP contribution in [0.15, 0.2) is 36.5 Å². The van der Waals surface area contributed by atoms with Gasteiger partial charge in [0.1, 0.15) is 5.75 Å². The molecular formula is C20H20FNO3. The normalized spacial score (nSPS) is 24.3. The predicted molar refractivity (Wildman–Crippen MR) is 90.2 cm³/mol. The molecule has 25 heavy (non-hydrogen) atoms. The van der Waals surface area contributed by atoms with Crippen molar-refractivity contribution in [1.82, 2.24) is 4.98 Å². The maximum atomic E-state index is 14.1. The van der Waals surface area contributed by atoms with E-state index in [0.717, 1.165) is 17.9 Å². The average Bonchev–Trinajstić information content (AvgIpc) is 3.27. The van der Waals surface area contributed by atoms with Gasteiger partial charge in [-0.25, -0.2) is 14.2 Å². The molecule has 2 saturated carbocycles. The largest absolute Gasteiger partial charge is 0.465 e. The summed E-state index contributed by atoms with van der Waals surface area (Å²) in [6.07, 6.45) is 6.62. The summed E-state index contributed by atoms with van der Waals surface area (Å²) in [4.78, 5) is 15.3. The number of ether oxygens (including phenoxy) is 2. The molecule has 0 radical (unpaired) electrons. The summed E-state index contributed by atoms with van der Waals surface area (Å²) in [5, 5.41) is 0. The third kappa shape index (κ3) is 3.11. The Morgan fingerprint density at radius 3 is 2.60 bits per heavy atom. The van der Waals surface area contributed by atoms with Gasteiger partial charge >= 0.3 is 5.97 Å². The van der Waals surface area contributed by atoms with Crippen LogP contribution in [0.3, 0.4) is 0 Å². The van der Waals surface area contributed by atoms with Crippen LogP contribution in [0.1, 0.15) is 47.5 Å². The monoisotopic (exact) mass is 341 g/mol. The number of carbonyl (C=O) groups is 1. The molecule has 2 aliphatic rings. The Balaban J connectivity index is 1.47. The molecule has 1 aromatic heterocycles. The first-order valence-electron chi connectivity index (χ1n) is 8.65. The van der Waals surface area contributed by atoms with Crippen LogP contribution < -0.4 is 4.74 Å². The smallest absolute Gasteiger partial charge is 0.339 e. The van der Waals surface area contributed by atoms with E-state index in [-0.39, 0.29) is 11.4 Å². The Bertz CT molecular complexity index is 790. The van der Waals surface area contributed by atoms with E-state index in [9.17, 15) is 9.18 Å². The summed E-state index contributed by atoms with van der Waals surface area (Å²) < 4.78 is 24.1. The molecule has 0 spiro atoms. The molecule has 0 aliphatic heterocycles. The van der Waals surface area contributed by atoms with Crippen LogP contribution in [0.25, 0.3) is 0 Å². The van der Waals surface area contributed by atoms with E-state index in [1.807, 2.05) is 12.1 Å². The van der Waals surface area contributed by atoms with Crippen molar-refractivity contribution in [3.63, 3.8) is 0 Å². The van der Waals surface area contributed by atoms with E-state index in [0.29, 0.717) is 11.7 Å². The van der Waals surface area contributed by atoms with Crippen LogP contribution in [0.4, 0.5) is 4.39 Å². The van der Waals surface area contributed by atoms with Crippen molar-refractivity contribution in [1.29, 1.82) is 0 Å². The number of esters is 1. The highest BCUT2D eigenvalue weighted by Crippen LogP contribution is 2.52. The van der Waals surface area contributed by atoms with E-state index in [4.69, 9.17) is 4.74 Å². The van der Waals surface area contributed by atoms with Crippen LogP contribution in [0.5, 0.6) is 11.6 Å². The molecule has 0 N–H and O–H groups in total. The van der Waals surface area contributed by atoms with E-state index < -0.39 is 11.8 Å². The summed E-state index contributed by atoms with van der Waals surface area (Å²) in [5.41, 5.74) is 1.40. The minimum Gasteiger partial charge on any atom is -0.465 e. The molecule has 0 saturated heterocycles. The molecule has 1 aromatic carbocycles. The number of rotatable bonds is 4. The molecule has 130 valence electrons. The fraction of sp³-hybridized carbons (Fsp3) is 0.400. The third-order valence-corrected chi connectivity index (χ3v) is 5.49. The van der Waals surface area contributed by atoms with Crippen LogP contribution in [-0.2, 0) is 4.74 Å². The zero-order valence-corrected chi connectivity index (χ0v) is 14.1. The van der Waals surface area contributed by atoms with Gasteiger partial charge in [-0.05, 0) is 60.8 Å². The second kappa shape index (κ2) is 6.47. The number of benzene rings is 1. The van der Waals surface area contributed by atoms with Gasteiger partial charge < -0.3 is 9.47 Å². The number of aromatic nitrogens is 1. The van der Waals surface area contributed by atoms with Crippen LogP contribution in [0.2, 0.25) is 0 Å². The minimum absolute atomic E-state index is 0.0546. The first kappa shape index (κ1) is 16.1. The maximum absolute atomic E-state index is 14.1. The van der Waals surface area contributed by atoms with E-state index in [1.165, 1.54) is 44.6 Å². The molecular weight excluding hydrogens is 321 g/mol. The molecule has 2 fully saturated rings. The van der Waals surface area contributed by atoms with E-state index in [2.05, 4.69) is 21.9 Å². The molecule has 5 heteroatoms. The van der Waals surface area contributed by atoms with E-state index in [1.54, 1.807) is 0 Å². The molecule has 4 nitrogen and oxygen atoms in total. The summed E-state index contributed by atoms with van der Waals surface area (Å²) in [6, 6.07) is 8.92. The lowest BCUT2D eigenvalue weighted by molar-refractivity contribution is 0.0599. The summed E-state index contributed by atoms with van der Waals surface area (Å²) in [6.45, 7) is 0. The van der Waals surface area contributed by atoms with Crippen molar-refractivity contribution < 1.29 is 18.7 Å². The SMILES string of the molecule is COC(=O)c1cnc(Oc2ccc(C3CC4CCC3C4)cc2)c(F)c1. The number of hydrogen-bond acceptors (Lipinski definition) is 4. The molecule has 2 aliphatic carbocycles. The molecule has 1 heterocycles. The average molecular weight is 341 g/mol. The van der Waals surface area contributed by atoms with Gasteiger partial charge in [-0.1, -0.05) is 18.6 Å². The second-order valence-electron chi connectivity index (χ2n) is 6.96. The van der Waals surface area contributed by atoms with Crippen molar-refractivity contribution in [3.05, 3.63) is 53.5 Å². The highest BCUT2D eigenvalue weighted by molar-refractivity contribution is 5.88. The first-order chi connectivity index (χ1) is 12.1. The number of methoxy groups -OCH3 is 1. The Hall–Kier alpha value is -2.43. The lowest BCUT2D eigenvalue weighted by Crippen LogP contribution is -2.08. The third-order valence-electron chi connectivity index (χ3n) is 5.49. The number of hydrogen-bond donors (Lipinski definition) is 0. The van der Waals surface area contributed by atoms with Crippen molar-refractivity contribution >= 4 is 5.97 Å². The molecule has 2 bridgehead atoms. The number of carbonyl (C=O) groups excluding carboxylic acids is 1. The van der Waals surface area contributed by atoms with Crippen LogP contribution in [-0.4, -0.2) is 18.1 Å². The molecule has 0 amide bonds. The standard InChI is InChI=1S/C20H20FNO3/c1-24-20(23)15-10-18(21)19(22-11-15)25-16-6-4-13(5-7-16)17-9-12-2-3-14(17)8-12/h4-7,10-12,14,17H,2-3,8-9H2,1H3. The quantitative estimate of drug-likeness (QED) is 0.756. The van der Waals surface area contributed by atoms with Gasteiger partial charge in [-0.2, -0.15) is 0 Å². The Kier molecular flexibility index (Phi) is 4.15. The second-order valence-corrected chi connectivity index (χ2v) is 6.96. The first-order valence-corrected chi connectivity index (χ1v) is 8.65. The number of halogens is 1. The van der Waals surface area contributed by atoms with Gasteiger partial charge in [0.05, 0.1) is 12.7 Å². The minimum atomic E-state index is -0.694. The van der Waals surface area contributed by atoms with Gasteiger partial charge in [0.25, 0.3) is 5.88 Å². The molecule has 3 atom stereocenters. The van der Waals surface area contributed by atoms with Gasteiger partial charge in [-0.15, -0.1) is 0 Å². The van der Waals surface area contributed by atoms with Crippen molar-refractivity contribution in [3.8, 4) is 11.6 Å². The molecule has 4 rings (SSSR count). The van der Waals surface area contributed by atoms with Crippen molar-refractivity contribution in [2.75, 3.05) is 7.11 Å². The summed E-state index contributed by atoms with van der Waals surface area (Å²) in [7, 11) is 1.24. The fourth-order valence-corrected chi connectivity index (χ4v) is 4.28. The Morgan fingerprint density at radius 1 is 1.20 bits per heavy atom. The van der Waals surface area contributed by atoms with Gasteiger partial charge in [0, 0.05) is 6.20 Å². The highest BCUT2D eigenvalue weighted by atomic mass is 19.1. The highest BCUT2D eigenvalue weighted by Gasteiger charge is 2.39. The number of fused-ring (bicyclic) bond motifs is 2. The van der Waals surface area contributed by atoms with Crippen molar-refractivity contribution in [2.45, 2.75) is 31.6 Å². The summed E-state index contributed by atoms with van der Waals surface area (Å²) in [5.74, 6) is 1.43. The van der Waals surface area contributed by atoms with Gasteiger partial charge in [-0.3, -0.25) is 0 Å². The lowest BCUT2D eigenvalue weighted by Gasteiger charge is -2.22. The van der Waals surface area contributed by atoms with E-state index >= 15 is 0 Å². The van der Waals surface area contributed by atoms with Gasteiger partial charge in [0.15, 0.2) is 5.82 Å².